The summed E-state index contributed by atoms with van der Waals surface area (Å²) >= 11 is 0. The lowest BCUT2D eigenvalue weighted by Gasteiger charge is -2.11. The number of aryl methyl sites for hydroxylation is 1. The van der Waals surface area contributed by atoms with E-state index in [4.69, 9.17) is 4.74 Å². The Labute approximate surface area is 114 Å². The summed E-state index contributed by atoms with van der Waals surface area (Å²) in [5.74, 6) is -2.12. The highest BCUT2D eigenvalue weighted by Crippen LogP contribution is 2.31. The van der Waals surface area contributed by atoms with Crippen molar-refractivity contribution in [2.45, 2.75) is 6.92 Å². The topological polar surface area (TPSA) is 46.5 Å². The minimum atomic E-state index is -1.25. The lowest BCUT2D eigenvalue weighted by atomic mass is 9.96. The molecule has 0 saturated heterocycles. The normalized spacial score (nSPS) is 10.4. The van der Waals surface area contributed by atoms with Gasteiger partial charge < -0.3 is 9.84 Å². The molecule has 0 amide bonds. The maximum atomic E-state index is 13.9. The number of rotatable bonds is 3. The van der Waals surface area contributed by atoms with Gasteiger partial charge in [0.05, 0.1) is 12.7 Å². The first-order chi connectivity index (χ1) is 9.43. The van der Waals surface area contributed by atoms with E-state index in [1.165, 1.54) is 32.2 Å². The Morgan fingerprint density at radius 2 is 1.80 bits per heavy atom. The van der Waals surface area contributed by atoms with E-state index in [0.717, 1.165) is 12.1 Å². The van der Waals surface area contributed by atoms with E-state index in [1.54, 1.807) is 0 Å². The zero-order valence-electron chi connectivity index (χ0n) is 10.9. The van der Waals surface area contributed by atoms with E-state index in [2.05, 4.69) is 0 Å². The van der Waals surface area contributed by atoms with Crippen LogP contribution in [0.2, 0.25) is 0 Å². The van der Waals surface area contributed by atoms with Crippen molar-refractivity contribution >= 4 is 5.97 Å². The molecule has 5 heteroatoms. The first-order valence-corrected chi connectivity index (χ1v) is 5.81. The summed E-state index contributed by atoms with van der Waals surface area (Å²) in [5.41, 5.74) is 0.00292. The van der Waals surface area contributed by atoms with E-state index >= 15 is 0 Å². The molecule has 0 atom stereocenters. The lowest BCUT2D eigenvalue weighted by Crippen LogP contribution is -2.03. The summed E-state index contributed by atoms with van der Waals surface area (Å²) in [4.78, 5) is 11.2. The first-order valence-electron chi connectivity index (χ1n) is 5.81. The molecule has 0 aromatic heterocycles. The van der Waals surface area contributed by atoms with Crippen LogP contribution in [-0.4, -0.2) is 18.2 Å². The second-order valence-electron chi connectivity index (χ2n) is 4.30. The molecular formula is C15H12F2O3. The molecular weight excluding hydrogens is 266 g/mol. The van der Waals surface area contributed by atoms with E-state index in [9.17, 15) is 18.7 Å². The summed E-state index contributed by atoms with van der Waals surface area (Å²) in [6.45, 7) is 1.45. The number of carboxylic acid groups (broad SMARTS) is 1. The minimum Gasteiger partial charge on any atom is -0.497 e. The molecule has 0 aliphatic rings. The van der Waals surface area contributed by atoms with Gasteiger partial charge in [0.25, 0.3) is 0 Å². The lowest BCUT2D eigenvalue weighted by molar-refractivity contribution is 0.0697. The summed E-state index contributed by atoms with van der Waals surface area (Å²) in [6.07, 6.45) is 0. The smallest absolute Gasteiger partial charge is 0.336 e. The van der Waals surface area contributed by atoms with Gasteiger partial charge in [-0.1, -0.05) is 0 Å². The molecule has 104 valence electrons. The molecule has 2 aromatic carbocycles. The first kappa shape index (κ1) is 14.0. The second kappa shape index (κ2) is 5.28. The SMILES string of the molecule is COc1ccc(F)c(-c2cc(F)c(C)cc2C(=O)O)c1. The number of hydrogen-bond donors (Lipinski definition) is 1. The molecule has 0 fully saturated rings. The quantitative estimate of drug-likeness (QED) is 0.932. The Hall–Kier alpha value is -2.43. The maximum absolute atomic E-state index is 13.9. The zero-order valence-corrected chi connectivity index (χ0v) is 10.9. The van der Waals surface area contributed by atoms with Crippen molar-refractivity contribution in [3.05, 3.63) is 53.1 Å². The number of hydrogen-bond acceptors (Lipinski definition) is 2. The second-order valence-corrected chi connectivity index (χ2v) is 4.30. The van der Waals surface area contributed by atoms with Crippen molar-refractivity contribution in [3.63, 3.8) is 0 Å². The molecule has 0 spiro atoms. The molecule has 0 bridgehead atoms. The Balaban J connectivity index is 2.74. The molecule has 0 saturated carbocycles. The average molecular weight is 278 g/mol. The predicted molar refractivity (Wildman–Crippen MR) is 70.0 cm³/mol. The van der Waals surface area contributed by atoms with Crippen LogP contribution in [0, 0.1) is 18.6 Å². The summed E-state index contributed by atoms with van der Waals surface area (Å²) in [5, 5.41) is 9.18. The van der Waals surface area contributed by atoms with Crippen LogP contribution in [0.4, 0.5) is 8.78 Å². The van der Waals surface area contributed by atoms with E-state index in [0.29, 0.717) is 5.75 Å². The molecule has 0 aliphatic heterocycles. The Kier molecular flexibility index (Phi) is 3.70. The maximum Gasteiger partial charge on any atom is 0.336 e. The Morgan fingerprint density at radius 3 is 2.40 bits per heavy atom. The van der Waals surface area contributed by atoms with Crippen LogP contribution in [0.15, 0.2) is 30.3 Å². The van der Waals surface area contributed by atoms with Crippen LogP contribution in [0.3, 0.4) is 0 Å². The van der Waals surface area contributed by atoms with Crippen molar-refractivity contribution in [2.24, 2.45) is 0 Å². The van der Waals surface area contributed by atoms with Gasteiger partial charge >= 0.3 is 5.97 Å². The van der Waals surface area contributed by atoms with E-state index < -0.39 is 17.6 Å². The van der Waals surface area contributed by atoms with Crippen LogP contribution in [0.25, 0.3) is 11.1 Å². The highest BCUT2D eigenvalue weighted by molar-refractivity contribution is 5.96. The van der Waals surface area contributed by atoms with Gasteiger partial charge in [-0.25, -0.2) is 13.6 Å². The number of carboxylic acids is 1. The molecule has 1 N–H and O–H groups in total. The number of benzene rings is 2. The van der Waals surface area contributed by atoms with Crippen molar-refractivity contribution in [1.82, 2.24) is 0 Å². The van der Waals surface area contributed by atoms with Crippen LogP contribution < -0.4 is 4.74 Å². The van der Waals surface area contributed by atoms with Gasteiger partial charge in [-0.15, -0.1) is 0 Å². The minimum absolute atomic E-state index is 0.0133. The third-order valence-electron chi connectivity index (χ3n) is 2.99. The van der Waals surface area contributed by atoms with Crippen LogP contribution in [-0.2, 0) is 0 Å². The largest absolute Gasteiger partial charge is 0.497 e. The third kappa shape index (κ3) is 2.47. The summed E-state index contributed by atoms with van der Waals surface area (Å²) in [6, 6.07) is 6.11. The van der Waals surface area contributed by atoms with Gasteiger partial charge in [0, 0.05) is 11.1 Å². The molecule has 20 heavy (non-hydrogen) atoms. The third-order valence-corrected chi connectivity index (χ3v) is 2.99. The number of ether oxygens (including phenoxy) is 1. The fraction of sp³-hybridized carbons (Fsp3) is 0.133. The number of methoxy groups -OCH3 is 1. The number of halogens is 2. The summed E-state index contributed by atoms with van der Waals surface area (Å²) < 4.78 is 32.5. The van der Waals surface area contributed by atoms with Gasteiger partial charge in [-0.3, -0.25) is 0 Å². The van der Waals surface area contributed by atoms with Gasteiger partial charge in [0.1, 0.15) is 17.4 Å². The van der Waals surface area contributed by atoms with Gasteiger partial charge in [0.15, 0.2) is 0 Å². The van der Waals surface area contributed by atoms with Crippen LogP contribution in [0.5, 0.6) is 5.75 Å². The van der Waals surface area contributed by atoms with E-state index in [-0.39, 0.29) is 22.3 Å². The highest BCUT2D eigenvalue weighted by Gasteiger charge is 2.18. The molecule has 0 aliphatic carbocycles. The average Bonchev–Trinajstić information content (AvgIpc) is 2.42. The number of aromatic carboxylic acids is 1. The Bertz CT molecular complexity index is 681. The van der Waals surface area contributed by atoms with Gasteiger partial charge in [0.2, 0.25) is 0 Å². The standard InChI is InChI=1S/C15H12F2O3/c1-8-5-12(15(18)19)10(7-14(8)17)11-6-9(20-2)3-4-13(11)16/h3-7H,1-2H3,(H,18,19). The molecule has 0 heterocycles. The van der Waals surface area contributed by atoms with Crippen molar-refractivity contribution < 1.29 is 23.4 Å². The van der Waals surface area contributed by atoms with Crippen LogP contribution >= 0.6 is 0 Å². The fourth-order valence-corrected chi connectivity index (χ4v) is 1.92. The van der Waals surface area contributed by atoms with Crippen molar-refractivity contribution in [3.8, 4) is 16.9 Å². The molecule has 0 radical (unpaired) electrons. The van der Waals surface area contributed by atoms with Crippen molar-refractivity contribution in [2.75, 3.05) is 7.11 Å². The van der Waals surface area contributed by atoms with Crippen molar-refractivity contribution in [1.29, 1.82) is 0 Å². The van der Waals surface area contributed by atoms with Gasteiger partial charge in [-0.2, -0.15) is 0 Å². The predicted octanol–water partition coefficient (Wildman–Crippen LogP) is 3.65. The van der Waals surface area contributed by atoms with Gasteiger partial charge in [-0.05, 0) is 42.8 Å². The number of carbonyl (C=O) groups is 1. The molecule has 0 unspecified atom stereocenters. The monoisotopic (exact) mass is 278 g/mol. The summed E-state index contributed by atoms with van der Waals surface area (Å²) in [7, 11) is 1.41. The Morgan fingerprint density at radius 1 is 1.10 bits per heavy atom. The van der Waals surface area contributed by atoms with Crippen LogP contribution in [0.1, 0.15) is 15.9 Å². The molecule has 2 rings (SSSR count). The molecule has 3 nitrogen and oxygen atoms in total. The molecule has 2 aromatic rings. The highest BCUT2D eigenvalue weighted by atomic mass is 19.1. The fourth-order valence-electron chi connectivity index (χ4n) is 1.92. The zero-order chi connectivity index (χ0) is 14.9. The van der Waals surface area contributed by atoms with E-state index in [1.807, 2.05) is 0 Å².